The van der Waals surface area contributed by atoms with Gasteiger partial charge in [-0.3, -0.25) is 4.40 Å². The second-order valence-electron chi connectivity index (χ2n) is 4.57. The maximum Gasteiger partial charge on any atom is 0.187 e. The first kappa shape index (κ1) is 10.9. The van der Waals surface area contributed by atoms with Crippen molar-refractivity contribution >= 4 is 22.2 Å². The number of fused-ring (bicyclic) bond motifs is 2. The molecule has 2 N–H and O–H groups in total. The van der Waals surface area contributed by atoms with Crippen molar-refractivity contribution in [1.82, 2.24) is 19.6 Å². The molecule has 1 aromatic carbocycles. The van der Waals surface area contributed by atoms with Crippen LogP contribution in [0.3, 0.4) is 0 Å². The summed E-state index contributed by atoms with van der Waals surface area (Å²) in [4.78, 5) is 4.62. The minimum atomic E-state index is 0.665. The van der Waals surface area contributed by atoms with E-state index in [2.05, 4.69) is 15.2 Å². The van der Waals surface area contributed by atoms with Gasteiger partial charge in [0.25, 0.3) is 0 Å². The van der Waals surface area contributed by atoms with Crippen molar-refractivity contribution in [1.29, 1.82) is 0 Å². The van der Waals surface area contributed by atoms with Gasteiger partial charge in [0.15, 0.2) is 11.5 Å². The van der Waals surface area contributed by atoms with Crippen LogP contribution in [-0.4, -0.2) is 19.6 Å². The maximum atomic E-state index is 5.99. The molecule has 0 saturated heterocycles. The van der Waals surface area contributed by atoms with Gasteiger partial charge in [0.2, 0.25) is 0 Å². The van der Waals surface area contributed by atoms with Crippen LogP contribution in [0.25, 0.3) is 28.1 Å². The minimum Gasteiger partial charge on any atom is -0.397 e. The Labute approximate surface area is 114 Å². The lowest BCUT2D eigenvalue weighted by atomic mass is 10.1. The minimum absolute atomic E-state index is 0.665. The van der Waals surface area contributed by atoms with E-state index >= 15 is 0 Å². The van der Waals surface area contributed by atoms with Crippen LogP contribution in [0.2, 0.25) is 0 Å². The van der Waals surface area contributed by atoms with Gasteiger partial charge < -0.3 is 5.73 Å². The van der Waals surface area contributed by atoms with Crippen molar-refractivity contribution in [3.63, 3.8) is 0 Å². The number of pyridine rings is 2. The van der Waals surface area contributed by atoms with Gasteiger partial charge in [-0.25, -0.2) is 4.98 Å². The Hall–Kier alpha value is -2.95. The smallest absolute Gasteiger partial charge is 0.187 e. The van der Waals surface area contributed by atoms with E-state index in [9.17, 15) is 0 Å². The fourth-order valence-corrected chi connectivity index (χ4v) is 2.31. The summed E-state index contributed by atoms with van der Waals surface area (Å²) in [7, 11) is 0. The van der Waals surface area contributed by atoms with E-state index in [1.165, 1.54) is 0 Å². The summed E-state index contributed by atoms with van der Waals surface area (Å²) in [5, 5.41) is 9.37. The van der Waals surface area contributed by atoms with E-state index in [0.717, 1.165) is 22.2 Å². The molecule has 3 heterocycles. The predicted octanol–water partition coefficient (Wildman–Crippen LogP) is 2.53. The zero-order valence-electron chi connectivity index (χ0n) is 10.6. The molecule has 96 valence electrons. The Morgan fingerprint density at radius 1 is 0.900 bits per heavy atom. The SMILES string of the molecule is Nc1cccc2ccc(-c3nnc4ccccn34)nc12. The molecule has 0 atom stereocenters. The molecule has 4 rings (SSSR count). The molecule has 0 aliphatic carbocycles. The second-order valence-corrected chi connectivity index (χ2v) is 4.57. The van der Waals surface area contributed by atoms with E-state index in [4.69, 9.17) is 5.73 Å². The molecule has 5 nitrogen and oxygen atoms in total. The van der Waals surface area contributed by atoms with Gasteiger partial charge in [-0.1, -0.05) is 24.3 Å². The molecule has 0 unspecified atom stereocenters. The van der Waals surface area contributed by atoms with Gasteiger partial charge in [-0.2, -0.15) is 0 Å². The number of benzene rings is 1. The van der Waals surface area contributed by atoms with Crippen molar-refractivity contribution in [2.45, 2.75) is 0 Å². The van der Waals surface area contributed by atoms with Crippen molar-refractivity contribution < 1.29 is 0 Å². The van der Waals surface area contributed by atoms with Crippen LogP contribution in [0.4, 0.5) is 5.69 Å². The Morgan fingerprint density at radius 2 is 1.85 bits per heavy atom. The van der Waals surface area contributed by atoms with Gasteiger partial charge >= 0.3 is 0 Å². The van der Waals surface area contributed by atoms with E-state index in [1.54, 1.807) is 0 Å². The highest BCUT2D eigenvalue weighted by Gasteiger charge is 2.10. The first-order chi connectivity index (χ1) is 9.83. The lowest BCUT2D eigenvalue weighted by Crippen LogP contribution is -1.94. The molecule has 0 fully saturated rings. The molecular formula is C15H11N5. The van der Waals surface area contributed by atoms with E-state index in [1.807, 2.05) is 59.1 Å². The summed E-state index contributed by atoms with van der Waals surface area (Å²) in [5.74, 6) is 0.714. The summed E-state index contributed by atoms with van der Waals surface area (Å²) in [6.07, 6.45) is 1.92. The lowest BCUT2D eigenvalue weighted by molar-refractivity contribution is 1.10. The van der Waals surface area contributed by atoms with E-state index in [0.29, 0.717) is 11.5 Å². The molecule has 3 aromatic heterocycles. The van der Waals surface area contributed by atoms with Gasteiger partial charge in [-0.05, 0) is 24.3 Å². The van der Waals surface area contributed by atoms with Crippen molar-refractivity contribution in [3.05, 3.63) is 54.7 Å². The number of hydrogen-bond acceptors (Lipinski definition) is 4. The Balaban J connectivity index is 2.00. The van der Waals surface area contributed by atoms with Crippen LogP contribution in [0.5, 0.6) is 0 Å². The highest BCUT2D eigenvalue weighted by molar-refractivity contribution is 5.90. The Bertz CT molecular complexity index is 926. The van der Waals surface area contributed by atoms with Gasteiger partial charge in [-0.15, -0.1) is 10.2 Å². The molecule has 0 radical (unpaired) electrons. The number of aromatic nitrogens is 4. The third kappa shape index (κ3) is 1.53. The van der Waals surface area contributed by atoms with Crippen LogP contribution < -0.4 is 5.73 Å². The average Bonchev–Trinajstić information content (AvgIpc) is 2.91. The van der Waals surface area contributed by atoms with E-state index in [-0.39, 0.29) is 0 Å². The number of para-hydroxylation sites is 1. The summed E-state index contributed by atoms with van der Waals surface area (Å²) in [6.45, 7) is 0. The fourth-order valence-electron chi connectivity index (χ4n) is 2.31. The normalized spacial score (nSPS) is 11.2. The molecule has 0 saturated carbocycles. The first-order valence-corrected chi connectivity index (χ1v) is 6.28. The summed E-state index contributed by atoms with van der Waals surface area (Å²) >= 11 is 0. The summed E-state index contributed by atoms with van der Waals surface area (Å²) < 4.78 is 1.91. The maximum absolute atomic E-state index is 5.99. The third-order valence-corrected chi connectivity index (χ3v) is 3.29. The quantitative estimate of drug-likeness (QED) is 0.534. The number of nitrogens with zero attached hydrogens (tertiary/aromatic N) is 4. The van der Waals surface area contributed by atoms with Crippen molar-refractivity contribution in [3.8, 4) is 11.5 Å². The Morgan fingerprint density at radius 3 is 2.80 bits per heavy atom. The second kappa shape index (κ2) is 4.03. The number of anilines is 1. The van der Waals surface area contributed by atoms with Crippen LogP contribution in [0.1, 0.15) is 0 Å². The summed E-state index contributed by atoms with van der Waals surface area (Å²) in [5.41, 5.74) is 9.00. The molecule has 5 heteroatoms. The van der Waals surface area contributed by atoms with Gasteiger partial charge in [0.1, 0.15) is 5.69 Å². The van der Waals surface area contributed by atoms with Crippen LogP contribution in [0.15, 0.2) is 54.7 Å². The molecule has 0 spiro atoms. The standard InChI is InChI=1S/C15H11N5/c16-11-5-3-4-10-7-8-12(17-14(10)11)15-19-18-13-6-1-2-9-20(13)15/h1-9H,16H2. The molecular weight excluding hydrogens is 250 g/mol. The number of rotatable bonds is 1. The fraction of sp³-hybridized carbons (Fsp3) is 0. The number of hydrogen-bond donors (Lipinski definition) is 1. The summed E-state index contributed by atoms with van der Waals surface area (Å²) in [6, 6.07) is 15.5. The van der Waals surface area contributed by atoms with Crippen LogP contribution in [-0.2, 0) is 0 Å². The van der Waals surface area contributed by atoms with Crippen LogP contribution >= 0.6 is 0 Å². The van der Waals surface area contributed by atoms with Crippen molar-refractivity contribution in [2.75, 3.05) is 5.73 Å². The zero-order chi connectivity index (χ0) is 13.5. The first-order valence-electron chi connectivity index (χ1n) is 6.28. The predicted molar refractivity (Wildman–Crippen MR) is 78.1 cm³/mol. The zero-order valence-corrected chi connectivity index (χ0v) is 10.6. The molecule has 0 bridgehead atoms. The highest BCUT2D eigenvalue weighted by Crippen LogP contribution is 2.23. The molecule has 0 amide bonds. The van der Waals surface area contributed by atoms with Gasteiger partial charge in [0, 0.05) is 11.6 Å². The highest BCUT2D eigenvalue weighted by atomic mass is 15.2. The third-order valence-electron chi connectivity index (χ3n) is 3.29. The number of nitrogen functional groups attached to an aromatic ring is 1. The van der Waals surface area contributed by atoms with Crippen molar-refractivity contribution in [2.24, 2.45) is 0 Å². The monoisotopic (exact) mass is 261 g/mol. The van der Waals surface area contributed by atoms with E-state index < -0.39 is 0 Å². The number of nitrogens with two attached hydrogens (primary N) is 1. The molecule has 0 aliphatic rings. The average molecular weight is 261 g/mol. The largest absolute Gasteiger partial charge is 0.397 e. The molecule has 0 aliphatic heterocycles. The van der Waals surface area contributed by atoms with Crippen LogP contribution in [0, 0.1) is 0 Å². The Kier molecular flexibility index (Phi) is 2.20. The lowest BCUT2D eigenvalue weighted by Gasteiger charge is -2.04. The topological polar surface area (TPSA) is 69.1 Å². The van der Waals surface area contributed by atoms with Gasteiger partial charge in [0.05, 0.1) is 11.2 Å². The molecule has 4 aromatic rings. The molecule has 20 heavy (non-hydrogen) atoms.